The summed E-state index contributed by atoms with van der Waals surface area (Å²) >= 11 is 5.78. The van der Waals surface area contributed by atoms with Crippen molar-refractivity contribution in [2.75, 3.05) is 0 Å². The van der Waals surface area contributed by atoms with E-state index in [1.54, 1.807) is 0 Å². The Hall–Kier alpha value is -1.07. The van der Waals surface area contributed by atoms with Gasteiger partial charge in [-0.25, -0.2) is 9.18 Å². The van der Waals surface area contributed by atoms with E-state index in [4.69, 9.17) is 21.1 Å². The van der Waals surface area contributed by atoms with Crippen LogP contribution >= 0.6 is 11.6 Å². The number of carboxylic acids is 1. The fourth-order valence-corrected chi connectivity index (χ4v) is 2.27. The van der Waals surface area contributed by atoms with Crippen LogP contribution in [0.4, 0.5) is 4.39 Å². The lowest BCUT2D eigenvalue weighted by molar-refractivity contribution is 0.0694. The molecule has 0 saturated heterocycles. The van der Waals surface area contributed by atoms with Crippen LogP contribution in [0.25, 0.3) is 0 Å². The van der Waals surface area contributed by atoms with Crippen molar-refractivity contribution in [3.05, 3.63) is 28.5 Å². The molecular formula is C10H12ClFO3Si. The number of aromatic carboxylic acids is 1. The first-order chi connectivity index (χ1) is 7.20. The summed E-state index contributed by atoms with van der Waals surface area (Å²) in [4.78, 5) is 10.9. The molecule has 0 bridgehead atoms. The van der Waals surface area contributed by atoms with E-state index in [1.165, 1.54) is 0 Å². The largest absolute Gasteiger partial charge is 0.543 e. The van der Waals surface area contributed by atoms with E-state index in [0.29, 0.717) is 0 Å². The number of carbonyl (C=O) groups is 1. The summed E-state index contributed by atoms with van der Waals surface area (Å²) in [5.74, 6) is -1.89. The molecule has 0 saturated carbocycles. The molecule has 0 amide bonds. The first-order valence-electron chi connectivity index (χ1n) is 4.62. The molecule has 0 spiro atoms. The topological polar surface area (TPSA) is 46.5 Å². The van der Waals surface area contributed by atoms with Crippen molar-refractivity contribution in [3.63, 3.8) is 0 Å². The van der Waals surface area contributed by atoms with Crippen LogP contribution in [0, 0.1) is 5.82 Å². The molecule has 1 aromatic rings. The fraction of sp³-hybridized carbons (Fsp3) is 0.300. The highest BCUT2D eigenvalue weighted by molar-refractivity contribution is 6.70. The Labute approximate surface area is 98.9 Å². The van der Waals surface area contributed by atoms with Crippen molar-refractivity contribution in [3.8, 4) is 5.75 Å². The zero-order valence-corrected chi connectivity index (χ0v) is 10.9. The summed E-state index contributed by atoms with van der Waals surface area (Å²) in [6.45, 7) is 5.66. The van der Waals surface area contributed by atoms with Crippen LogP contribution in [0.2, 0.25) is 24.7 Å². The summed E-state index contributed by atoms with van der Waals surface area (Å²) in [5, 5.41) is 8.91. The third kappa shape index (κ3) is 3.21. The minimum Gasteiger partial charge on any atom is -0.543 e. The smallest absolute Gasteiger partial charge is 0.339 e. The Morgan fingerprint density at radius 2 is 2.00 bits per heavy atom. The molecule has 0 aliphatic heterocycles. The van der Waals surface area contributed by atoms with Crippen molar-refractivity contribution in [2.45, 2.75) is 19.6 Å². The Balaban J connectivity index is 3.30. The van der Waals surface area contributed by atoms with Gasteiger partial charge in [0.15, 0.2) is 0 Å². The molecule has 0 atom stereocenters. The second-order valence-corrected chi connectivity index (χ2v) is 9.12. The first-order valence-corrected chi connectivity index (χ1v) is 8.40. The minimum atomic E-state index is -1.99. The number of rotatable bonds is 3. The molecule has 0 radical (unpaired) electrons. The number of halogens is 2. The molecule has 88 valence electrons. The lowest BCUT2D eigenvalue weighted by Gasteiger charge is -2.21. The molecule has 1 aromatic carbocycles. The predicted octanol–water partition coefficient (Wildman–Crippen LogP) is 3.39. The van der Waals surface area contributed by atoms with E-state index >= 15 is 0 Å². The Bertz CT molecular complexity index is 429. The molecule has 0 aromatic heterocycles. The highest BCUT2D eigenvalue weighted by Crippen LogP contribution is 2.32. The number of hydrogen-bond donors (Lipinski definition) is 1. The lowest BCUT2D eigenvalue weighted by Crippen LogP contribution is -2.30. The van der Waals surface area contributed by atoms with E-state index in [1.807, 2.05) is 19.6 Å². The van der Waals surface area contributed by atoms with Gasteiger partial charge in [0.05, 0.1) is 5.02 Å². The number of hydrogen-bond acceptors (Lipinski definition) is 2. The average Bonchev–Trinajstić information content (AvgIpc) is 2.07. The second-order valence-electron chi connectivity index (χ2n) is 4.28. The number of benzene rings is 1. The number of carboxylic acid groups (broad SMARTS) is 1. The van der Waals surface area contributed by atoms with Crippen LogP contribution in [-0.4, -0.2) is 19.4 Å². The van der Waals surface area contributed by atoms with Gasteiger partial charge in [0, 0.05) is 0 Å². The lowest BCUT2D eigenvalue weighted by atomic mass is 10.2. The third-order valence-electron chi connectivity index (χ3n) is 1.65. The molecule has 1 rings (SSSR count). The molecule has 6 heteroatoms. The quantitative estimate of drug-likeness (QED) is 0.850. The SMILES string of the molecule is C[Si](C)(C)Oc1c(Cl)cc(F)cc1C(=O)O. The van der Waals surface area contributed by atoms with Gasteiger partial charge in [-0.15, -0.1) is 0 Å². The van der Waals surface area contributed by atoms with Crippen molar-refractivity contribution >= 4 is 25.9 Å². The van der Waals surface area contributed by atoms with E-state index in [0.717, 1.165) is 12.1 Å². The van der Waals surface area contributed by atoms with Crippen molar-refractivity contribution in [1.29, 1.82) is 0 Å². The van der Waals surface area contributed by atoms with Crippen LogP contribution in [0.3, 0.4) is 0 Å². The zero-order valence-electron chi connectivity index (χ0n) is 9.17. The van der Waals surface area contributed by atoms with Gasteiger partial charge in [-0.1, -0.05) is 11.6 Å². The van der Waals surface area contributed by atoms with Gasteiger partial charge < -0.3 is 9.53 Å². The van der Waals surface area contributed by atoms with Crippen LogP contribution in [0.5, 0.6) is 5.75 Å². The van der Waals surface area contributed by atoms with Crippen molar-refractivity contribution in [1.82, 2.24) is 0 Å². The molecule has 0 heterocycles. The van der Waals surface area contributed by atoms with Crippen LogP contribution in [0.1, 0.15) is 10.4 Å². The molecular weight excluding hydrogens is 251 g/mol. The normalized spacial score (nSPS) is 11.3. The molecule has 0 aliphatic carbocycles. The monoisotopic (exact) mass is 262 g/mol. The summed E-state index contributed by atoms with van der Waals surface area (Å²) in [6, 6.07) is 1.95. The van der Waals surface area contributed by atoms with E-state index in [-0.39, 0.29) is 16.3 Å². The van der Waals surface area contributed by atoms with Gasteiger partial charge in [0.2, 0.25) is 8.32 Å². The van der Waals surface area contributed by atoms with Gasteiger partial charge in [-0.3, -0.25) is 0 Å². The third-order valence-corrected chi connectivity index (χ3v) is 2.74. The molecule has 1 N–H and O–H groups in total. The maximum atomic E-state index is 13.0. The van der Waals surface area contributed by atoms with Gasteiger partial charge in [0.25, 0.3) is 0 Å². The van der Waals surface area contributed by atoms with E-state index in [2.05, 4.69) is 0 Å². The summed E-state index contributed by atoms with van der Waals surface area (Å²) < 4.78 is 18.5. The van der Waals surface area contributed by atoms with Crippen LogP contribution in [-0.2, 0) is 0 Å². The Kier molecular flexibility index (Phi) is 3.60. The Morgan fingerprint density at radius 1 is 1.44 bits per heavy atom. The maximum Gasteiger partial charge on any atom is 0.339 e. The highest BCUT2D eigenvalue weighted by Gasteiger charge is 2.23. The van der Waals surface area contributed by atoms with Crippen LogP contribution in [0.15, 0.2) is 12.1 Å². The molecule has 0 unspecified atom stereocenters. The first kappa shape index (κ1) is 13.0. The summed E-state index contributed by atoms with van der Waals surface area (Å²) in [5.41, 5.74) is -0.243. The van der Waals surface area contributed by atoms with Gasteiger partial charge >= 0.3 is 5.97 Å². The van der Waals surface area contributed by atoms with E-state index in [9.17, 15) is 9.18 Å². The van der Waals surface area contributed by atoms with Gasteiger partial charge in [0.1, 0.15) is 17.1 Å². The standard InChI is InChI=1S/C10H12ClFO3Si/c1-16(2,3)15-9-7(10(13)14)4-6(12)5-8(9)11/h4-5H,1-3H3,(H,13,14). The summed E-state index contributed by atoms with van der Waals surface area (Å²) in [6.07, 6.45) is 0. The molecule has 0 aliphatic rings. The Morgan fingerprint density at radius 3 is 2.44 bits per heavy atom. The minimum absolute atomic E-state index is 0.0141. The summed E-state index contributed by atoms with van der Waals surface area (Å²) in [7, 11) is -1.99. The zero-order chi connectivity index (χ0) is 12.5. The molecule has 16 heavy (non-hydrogen) atoms. The average molecular weight is 263 g/mol. The molecule has 0 fully saturated rings. The molecule has 3 nitrogen and oxygen atoms in total. The van der Waals surface area contributed by atoms with Gasteiger partial charge in [-0.05, 0) is 31.8 Å². The van der Waals surface area contributed by atoms with Crippen LogP contribution < -0.4 is 4.43 Å². The predicted molar refractivity (Wildman–Crippen MR) is 62.3 cm³/mol. The maximum absolute atomic E-state index is 13.0. The van der Waals surface area contributed by atoms with Crippen molar-refractivity contribution < 1.29 is 18.7 Å². The van der Waals surface area contributed by atoms with Crippen molar-refractivity contribution in [2.24, 2.45) is 0 Å². The fourth-order valence-electron chi connectivity index (χ4n) is 1.13. The van der Waals surface area contributed by atoms with Gasteiger partial charge in [-0.2, -0.15) is 0 Å². The second kappa shape index (κ2) is 4.43. The highest BCUT2D eigenvalue weighted by atomic mass is 35.5. The van der Waals surface area contributed by atoms with E-state index < -0.39 is 20.1 Å².